The van der Waals surface area contributed by atoms with Crippen LogP contribution in [0.3, 0.4) is 0 Å². The lowest BCUT2D eigenvalue weighted by molar-refractivity contribution is 0.769. The fraction of sp³-hybridized carbons (Fsp3) is 0.0370. The van der Waals surface area contributed by atoms with Crippen LogP contribution in [-0.4, -0.2) is 0 Å². The Hall–Kier alpha value is -6.96. The fourth-order valence-electron chi connectivity index (χ4n) is 9.15. The van der Waals surface area contributed by atoms with Crippen LogP contribution in [-0.2, 0) is 5.41 Å². The Balaban J connectivity index is 1.26. The van der Waals surface area contributed by atoms with Gasteiger partial charge in [-0.05, 0) is 120 Å². The lowest BCUT2D eigenvalue weighted by atomic mass is 9.67. The van der Waals surface area contributed by atoms with Gasteiger partial charge in [-0.3, -0.25) is 0 Å². The number of para-hydroxylation sites is 2. The first-order valence-corrected chi connectivity index (χ1v) is 18.6. The molecule has 2 aliphatic carbocycles. The number of hydrogen-bond acceptors (Lipinski definition) is 1. The van der Waals surface area contributed by atoms with Crippen molar-refractivity contribution in [3.05, 3.63) is 257 Å². The molecule has 1 heteroatoms. The second-order valence-corrected chi connectivity index (χ2v) is 14.3. The first-order chi connectivity index (χ1) is 30.2. The molecule has 258 valence electrons. The minimum atomic E-state index is -1.35. The van der Waals surface area contributed by atoms with E-state index in [9.17, 15) is 4.11 Å². The fourth-order valence-corrected chi connectivity index (χ4v) is 9.15. The van der Waals surface area contributed by atoms with Crippen molar-refractivity contribution in [1.29, 1.82) is 0 Å². The van der Waals surface area contributed by atoms with Crippen molar-refractivity contribution in [2.24, 2.45) is 0 Å². The van der Waals surface area contributed by atoms with Crippen molar-refractivity contribution in [3.63, 3.8) is 0 Å². The second kappa shape index (κ2) is 12.6. The molecule has 2 aliphatic rings. The zero-order chi connectivity index (χ0) is 42.4. The molecular formula is C54H37N. The number of fused-ring (bicyclic) bond motifs is 7. The molecule has 0 N–H and O–H groups in total. The van der Waals surface area contributed by atoms with Crippen LogP contribution in [0.1, 0.15) is 54.5 Å². The molecular weight excluding hydrogens is 663 g/mol. The monoisotopic (exact) mass is 706 g/mol. The van der Waals surface area contributed by atoms with Gasteiger partial charge in [-0.1, -0.05) is 170 Å². The zero-order valence-electron chi connectivity index (χ0n) is 36.8. The molecule has 2 atom stereocenters. The third kappa shape index (κ3) is 4.80. The van der Waals surface area contributed by atoms with Gasteiger partial charge in [0.05, 0.1) is 15.0 Å². The molecule has 0 bridgehead atoms. The Morgan fingerprint density at radius 1 is 0.418 bits per heavy atom. The van der Waals surface area contributed by atoms with E-state index in [0.717, 1.165) is 61.6 Å². The van der Waals surface area contributed by atoms with E-state index >= 15 is 0 Å². The van der Waals surface area contributed by atoms with Crippen LogP contribution < -0.4 is 4.90 Å². The summed E-state index contributed by atoms with van der Waals surface area (Å²) in [4.78, 5) is 2.21. The summed E-state index contributed by atoms with van der Waals surface area (Å²) in [6, 6.07) is 57.6. The summed E-state index contributed by atoms with van der Waals surface area (Å²) in [5.41, 5.74) is 11.6. The molecule has 0 amide bonds. The van der Waals surface area contributed by atoms with E-state index < -0.39 is 29.6 Å². The number of hydrogen-bond donors (Lipinski definition) is 0. The van der Waals surface area contributed by atoms with E-state index in [0.29, 0.717) is 0 Å². The van der Waals surface area contributed by atoms with Crippen LogP contribution in [0.15, 0.2) is 218 Å². The normalized spacial score (nSPS) is 18.0. The van der Waals surface area contributed by atoms with E-state index in [2.05, 4.69) is 120 Å². The Morgan fingerprint density at radius 2 is 1.04 bits per heavy atom. The van der Waals surface area contributed by atoms with Crippen molar-refractivity contribution < 1.29 is 9.60 Å². The maximum Gasteiger partial charge on any atom is 0.0714 e. The van der Waals surface area contributed by atoms with Gasteiger partial charge in [0.15, 0.2) is 0 Å². The molecule has 0 heterocycles. The average Bonchev–Trinajstić information content (AvgIpc) is 3.80. The van der Waals surface area contributed by atoms with Crippen molar-refractivity contribution in [2.75, 3.05) is 4.90 Å². The van der Waals surface area contributed by atoms with Gasteiger partial charge in [0.1, 0.15) is 0 Å². The molecule has 0 fully saturated rings. The zero-order valence-corrected chi connectivity index (χ0v) is 29.8. The third-order valence-corrected chi connectivity index (χ3v) is 11.4. The van der Waals surface area contributed by atoms with Crippen LogP contribution in [0.4, 0.5) is 17.1 Å². The standard InChI is InChI=1S/C54H37N/c1-4-17-38(18-5-1)53-47-26-13-12-24-45(47)49-35-41(30-32-48(49)53)54(40-29-28-37-16-10-11-19-39(37)34-40)51-27-15-14-25-46(51)50-36-44(31-33-52(50)54)55(42-20-6-2-7-21-42)43-22-8-3-9-23-43/h1-36,53H/i10D,11D,16D,19D,28D,29D,34D. The van der Waals surface area contributed by atoms with E-state index in [-0.39, 0.29) is 40.4 Å². The molecule has 55 heavy (non-hydrogen) atoms. The van der Waals surface area contributed by atoms with Crippen molar-refractivity contribution in [3.8, 4) is 22.3 Å². The molecule has 1 nitrogen and oxygen atoms in total. The molecule has 0 saturated heterocycles. The number of nitrogens with zero attached hydrogens (tertiary/aromatic N) is 1. The molecule has 9 aromatic rings. The van der Waals surface area contributed by atoms with Crippen molar-refractivity contribution in [2.45, 2.75) is 11.3 Å². The first-order valence-electron chi connectivity index (χ1n) is 22.1. The van der Waals surface area contributed by atoms with Crippen LogP contribution in [0, 0.1) is 0 Å². The minimum absolute atomic E-state index is 0.00468. The molecule has 9 aromatic carbocycles. The largest absolute Gasteiger partial charge is 0.310 e. The molecule has 0 radical (unpaired) electrons. The van der Waals surface area contributed by atoms with E-state index in [4.69, 9.17) is 5.48 Å². The number of rotatable bonds is 6. The summed E-state index contributed by atoms with van der Waals surface area (Å²) in [5.74, 6) is -0.00468. The molecule has 11 rings (SSSR count). The third-order valence-electron chi connectivity index (χ3n) is 11.4. The lowest BCUT2D eigenvalue weighted by Gasteiger charge is -2.35. The van der Waals surface area contributed by atoms with Gasteiger partial charge in [-0.15, -0.1) is 0 Å². The maximum absolute atomic E-state index is 10.1. The van der Waals surface area contributed by atoms with Gasteiger partial charge in [0.25, 0.3) is 0 Å². The topological polar surface area (TPSA) is 3.24 Å². The molecule has 0 spiro atoms. The summed E-state index contributed by atoms with van der Waals surface area (Å²) in [5, 5.41) is -0.189. The Bertz CT molecular complexity index is 3240. The van der Waals surface area contributed by atoms with E-state index in [1.807, 2.05) is 60.7 Å². The highest BCUT2D eigenvalue weighted by atomic mass is 15.1. The van der Waals surface area contributed by atoms with Gasteiger partial charge in [-0.2, -0.15) is 0 Å². The van der Waals surface area contributed by atoms with Crippen molar-refractivity contribution in [1.82, 2.24) is 0 Å². The second-order valence-electron chi connectivity index (χ2n) is 14.3. The maximum atomic E-state index is 10.1. The van der Waals surface area contributed by atoms with E-state index in [1.165, 1.54) is 11.1 Å². The molecule has 0 aliphatic heterocycles. The van der Waals surface area contributed by atoms with E-state index in [1.54, 1.807) is 0 Å². The highest BCUT2D eigenvalue weighted by molar-refractivity contribution is 5.93. The van der Waals surface area contributed by atoms with Gasteiger partial charge < -0.3 is 4.90 Å². The highest BCUT2D eigenvalue weighted by Crippen LogP contribution is 2.59. The number of anilines is 3. The summed E-state index contributed by atoms with van der Waals surface area (Å²) < 4.78 is 64.6. The van der Waals surface area contributed by atoms with Crippen LogP contribution in [0.2, 0.25) is 0 Å². The lowest BCUT2D eigenvalue weighted by Crippen LogP contribution is -2.28. The smallest absolute Gasteiger partial charge is 0.0714 e. The Kier molecular flexibility index (Phi) is 5.75. The first kappa shape index (κ1) is 25.1. The SMILES string of the molecule is [2H]c1c([2H])c([2H])c2c([2H])c(C3(c4ccc5c(c4)-c4ccccc4C5c4ccccc4)c4ccccc4-c4cc(N(c5ccccc5)c5ccccc5)ccc43)c([2H])c([2H])c2c1[2H]. The molecule has 0 aromatic heterocycles. The van der Waals surface area contributed by atoms with Crippen molar-refractivity contribution >= 4 is 27.8 Å². The quantitative estimate of drug-likeness (QED) is 0.166. The predicted molar refractivity (Wildman–Crippen MR) is 229 cm³/mol. The average molecular weight is 707 g/mol. The van der Waals surface area contributed by atoms with Crippen LogP contribution in [0.25, 0.3) is 33.0 Å². The summed E-state index contributed by atoms with van der Waals surface area (Å²) >= 11 is 0. The summed E-state index contributed by atoms with van der Waals surface area (Å²) in [6.07, 6.45) is 0. The number of benzene rings is 9. The minimum Gasteiger partial charge on any atom is -0.310 e. The molecule has 0 saturated carbocycles. The highest BCUT2D eigenvalue weighted by Gasteiger charge is 2.47. The van der Waals surface area contributed by atoms with Gasteiger partial charge in [-0.25, -0.2) is 0 Å². The molecule has 2 unspecified atom stereocenters. The summed E-state index contributed by atoms with van der Waals surface area (Å²) in [6.45, 7) is 0. The van der Waals surface area contributed by atoms with Crippen LogP contribution in [0.5, 0.6) is 0 Å². The van der Waals surface area contributed by atoms with Gasteiger partial charge >= 0.3 is 0 Å². The Labute approximate surface area is 332 Å². The Morgan fingerprint density at radius 3 is 1.80 bits per heavy atom. The van der Waals surface area contributed by atoms with Gasteiger partial charge in [0.2, 0.25) is 0 Å². The predicted octanol–water partition coefficient (Wildman–Crippen LogP) is 13.8. The summed E-state index contributed by atoms with van der Waals surface area (Å²) in [7, 11) is 0. The van der Waals surface area contributed by atoms with Gasteiger partial charge in [0, 0.05) is 23.0 Å². The van der Waals surface area contributed by atoms with Crippen LogP contribution >= 0.6 is 0 Å².